The molecule has 2 N–H and O–H groups in total. The minimum Gasteiger partial charge on any atom is -0.383 e. The molecule has 2 aliphatic heterocycles. The number of nitriles is 1. The molecule has 186 valence electrons. The van der Waals surface area contributed by atoms with Crippen LogP contribution in [0, 0.1) is 11.3 Å². The van der Waals surface area contributed by atoms with Gasteiger partial charge in [0.15, 0.2) is 5.78 Å². The molecule has 1 aliphatic carbocycles. The zero-order valence-electron chi connectivity index (χ0n) is 19.5. The second-order valence-corrected chi connectivity index (χ2v) is 9.11. The predicted molar refractivity (Wildman–Crippen MR) is 126 cm³/mol. The van der Waals surface area contributed by atoms with E-state index in [0.717, 1.165) is 11.6 Å². The van der Waals surface area contributed by atoms with Crippen LogP contribution in [0.15, 0.2) is 77.3 Å². The minimum atomic E-state index is -4.65. The molecule has 2 aromatic rings. The maximum Gasteiger partial charge on any atom is 0.416 e. The summed E-state index contributed by atoms with van der Waals surface area (Å²) in [6, 6.07) is 16.7. The number of halogens is 3. The second kappa shape index (κ2) is 9.45. The Morgan fingerprint density at radius 1 is 1.00 bits per heavy atom. The molecule has 0 radical (unpaired) electrons. The molecular formula is C27H25F3N4O2. The fourth-order valence-electron chi connectivity index (χ4n) is 5.47. The smallest absolute Gasteiger partial charge is 0.383 e. The van der Waals surface area contributed by atoms with Crippen LogP contribution in [0.25, 0.3) is 0 Å². The summed E-state index contributed by atoms with van der Waals surface area (Å²) in [5.74, 6) is -1.56. The van der Waals surface area contributed by atoms with Crippen molar-refractivity contribution in [3.63, 3.8) is 0 Å². The molecule has 0 spiro atoms. The molecule has 3 aliphatic rings. The standard InChI is InChI=1S/C27H25F3N4O2/c28-27(29,30)21-9-5-4-8-19(21)24-20(16-31)26(32)34(33-10-12-36-13-11-33)22-14-18(15-23(35)25(22)24)17-6-2-1-3-7-17/h1-9,18,24H,10-15,32H2/t18-,24+/m1/s1. The van der Waals surface area contributed by atoms with E-state index in [1.807, 2.05) is 41.4 Å². The van der Waals surface area contributed by atoms with Crippen LogP contribution in [-0.4, -0.2) is 42.1 Å². The Balaban J connectivity index is 1.72. The van der Waals surface area contributed by atoms with Crippen molar-refractivity contribution in [2.24, 2.45) is 5.73 Å². The number of nitrogens with two attached hydrogens (primary N) is 1. The third-order valence-corrected chi connectivity index (χ3v) is 7.06. The van der Waals surface area contributed by atoms with Gasteiger partial charge in [0, 0.05) is 30.8 Å². The predicted octanol–water partition coefficient (Wildman–Crippen LogP) is 4.45. The number of Topliss-reactive ketones (excluding diaryl/α,β-unsaturated/α-hetero) is 1. The molecule has 2 atom stereocenters. The van der Waals surface area contributed by atoms with E-state index in [1.165, 1.54) is 18.2 Å². The lowest BCUT2D eigenvalue weighted by atomic mass is 9.71. The Morgan fingerprint density at radius 3 is 2.33 bits per heavy atom. The first-order valence-corrected chi connectivity index (χ1v) is 11.8. The molecule has 0 aromatic heterocycles. The Hall–Kier alpha value is -3.61. The van der Waals surface area contributed by atoms with Gasteiger partial charge in [0.05, 0.1) is 36.3 Å². The van der Waals surface area contributed by atoms with Gasteiger partial charge in [0.1, 0.15) is 5.82 Å². The molecule has 9 heteroatoms. The molecule has 0 amide bonds. The van der Waals surface area contributed by atoms with Crippen molar-refractivity contribution in [2.45, 2.75) is 30.9 Å². The van der Waals surface area contributed by atoms with E-state index in [1.54, 1.807) is 5.01 Å². The van der Waals surface area contributed by atoms with Gasteiger partial charge in [-0.05, 0) is 29.5 Å². The molecule has 0 unspecified atom stereocenters. The normalized spacial score (nSPS) is 23.5. The number of benzene rings is 2. The maximum absolute atomic E-state index is 14.0. The van der Waals surface area contributed by atoms with Crippen LogP contribution < -0.4 is 5.73 Å². The molecule has 6 nitrogen and oxygen atoms in total. The number of alkyl halides is 3. The van der Waals surface area contributed by atoms with E-state index in [9.17, 15) is 23.2 Å². The Morgan fingerprint density at radius 2 is 1.67 bits per heavy atom. The molecule has 1 saturated heterocycles. The van der Waals surface area contributed by atoms with E-state index in [2.05, 4.69) is 0 Å². The summed E-state index contributed by atoms with van der Waals surface area (Å²) in [5.41, 5.74) is 7.25. The highest BCUT2D eigenvalue weighted by atomic mass is 19.4. The van der Waals surface area contributed by atoms with Gasteiger partial charge in [-0.3, -0.25) is 9.80 Å². The summed E-state index contributed by atoms with van der Waals surface area (Å²) in [4.78, 5) is 13.8. The SMILES string of the molecule is N#CC1=C(N)N(N2CCOCC2)C2=C(C(=O)C[C@H](c3ccccc3)C2)[C@H]1c1ccccc1C(F)(F)F. The van der Waals surface area contributed by atoms with Gasteiger partial charge in [-0.1, -0.05) is 48.5 Å². The van der Waals surface area contributed by atoms with Gasteiger partial charge < -0.3 is 10.5 Å². The molecule has 1 fully saturated rings. The third kappa shape index (κ3) is 4.16. The number of rotatable bonds is 3. The lowest BCUT2D eigenvalue weighted by Gasteiger charge is -2.47. The zero-order valence-corrected chi connectivity index (χ0v) is 19.5. The minimum absolute atomic E-state index is 0.0524. The van der Waals surface area contributed by atoms with Crippen LogP contribution in [0.4, 0.5) is 13.2 Å². The van der Waals surface area contributed by atoms with Gasteiger partial charge in [-0.15, -0.1) is 0 Å². The lowest BCUT2D eigenvalue weighted by Crippen LogP contribution is -2.52. The maximum atomic E-state index is 14.0. The number of nitrogens with zero attached hydrogens (tertiary/aromatic N) is 3. The first-order chi connectivity index (χ1) is 17.3. The van der Waals surface area contributed by atoms with Crippen LogP contribution in [-0.2, 0) is 15.7 Å². The number of hydrogen-bond donors (Lipinski definition) is 1. The van der Waals surface area contributed by atoms with Crippen molar-refractivity contribution >= 4 is 5.78 Å². The number of carbonyl (C=O) groups is 1. The fraction of sp³-hybridized carbons (Fsp3) is 0.333. The summed E-state index contributed by atoms with van der Waals surface area (Å²) in [5, 5.41) is 13.7. The third-order valence-electron chi connectivity index (χ3n) is 7.06. The quantitative estimate of drug-likeness (QED) is 0.679. The fourth-order valence-corrected chi connectivity index (χ4v) is 5.47. The van der Waals surface area contributed by atoms with Gasteiger partial charge in [0.25, 0.3) is 0 Å². The number of hydrogen-bond acceptors (Lipinski definition) is 6. The Bertz CT molecular complexity index is 1270. The number of carbonyl (C=O) groups excluding carboxylic acids is 1. The molecule has 2 heterocycles. The first-order valence-electron chi connectivity index (χ1n) is 11.8. The average molecular weight is 495 g/mol. The van der Waals surface area contributed by atoms with E-state index < -0.39 is 17.7 Å². The lowest BCUT2D eigenvalue weighted by molar-refractivity contribution is -0.138. The zero-order chi connectivity index (χ0) is 25.4. The van der Waals surface area contributed by atoms with Crippen molar-refractivity contribution in [3.05, 3.63) is 94.0 Å². The molecule has 0 saturated carbocycles. The largest absolute Gasteiger partial charge is 0.416 e. The van der Waals surface area contributed by atoms with Crippen molar-refractivity contribution < 1.29 is 22.7 Å². The van der Waals surface area contributed by atoms with Crippen LogP contribution >= 0.6 is 0 Å². The summed E-state index contributed by atoms with van der Waals surface area (Å²) in [7, 11) is 0. The molecule has 0 bridgehead atoms. The second-order valence-electron chi connectivity index (χ2n) is 9.11. The van der Waals surface area contributed by atoms with Crippen LogP contribution in [0.2, 0.25) is 0 Å². The van der Waals surface area contributed by atoms with Crippen LogP contribution in [0.3, 0.4) is 0 Å². The average Bonchev–Trinajstić information content (AvgIpc) is 2.88. The van der Waals surface area contributed by atoms with Crippen molar-refractivity contribution in [1.82, 2.24) is 10.0 Å². The molecule has 36 heavy (non-hydrogen) atoms. The van der Waals surface area contributed by atoms with Crippen molar-refractivity contribution in [1.29, 1.82) is 5.26 Å². The van der Waals surface area contributed by atoms with E-state index in [-0.39, 0.29) is 40.7 Å². The summed E-state index contributed by atoms with van der Waals surface area (Å²) in [6.45, 7) is 1.82. The topological polar surface area (TPSA) is 82.6 Å². The summed E-state index contributed by atoms with van der Waals surface area (Å²) >= 11 is 0. The van der Waals surface area contributed by atoms with E-state index in [4.69, 9.17) is 10.5 Å². The van der Waals surface area contributed by atoms with Gasteiger partial charge in [-0.25, -0.2) is 5.01 Å². The summed E-state index contributed by atoms with van der Waals surface area (Å²) in [6.07, 6.45) is -4.10. The number of ether oxygens (including phenoxy) is 1. The van der Waals surface area contributed by atoms with E-state index >= 15 is 0 Å². The highest BCUT2D eigenvalue weighted by molar-refractivity contribution is 6.00. The van der Waals surface area contributed by atoms with Gasteiger partial charge in [-0.2, -0.15) is 18.4 Å². The molecular weight excluding hydrogens is 469 g/mol. The Kier molecular flexibility index (Phi) is 6.33. The van der Waals surface area contributed by atoms with Crippen LogP contribution in [0.1, 0.15) is 41.4 Å². The number of allylic oxidation sites excluding steroid dienone is 3. The summed E-state index contributed by atoms with van der Waals surface area (Å²) < 4.78 is 47.6. The monoisotopic (exact) mass is 494 g/mol. The molecule has 2 aromatic carbocycles. The first kappa shape index (κ1) is 24.1. The van der Waals surface area contributed by atoms with E-state index in [0.29, 0.717) is 38.4 Å². The number of morpholine rings is 1. The van der Waals surface area contributed by atoms with Gasteiger partial charge in [0.2, 0.25) is 0 Å². The van der Waals surface area contributed by atoms with Gasteiger partial charge >= 0.3 is 6.18 Å². The van der Waals surface area contributed by atoms with Crippen molar-refractivity contribution in [3.8, 4) is 6.07 Å². The number of hydrazine groups is 1. The highest BCUT2D eigenvalue weighted by Crippen LogP contribution is 2.50. The van der Waals surface area contributed by atoms with Crippen LogP contribution in [0.5, 0.6) is 0 Å². The molecule has 5 rings (SSSR count). The number of ketones is 1. The Labute approximate surface area is 207 Å². The van der Waals surface area contributed by atoms with Crippen molar-refractivity contribution in [2.75, 3.05) is 26.3 Å². The highest BCUT2D eigenvalue weighted by Gasteiger charge is 2.46.